The molecule has 0 saturated carbocycles. The number of aliphatic hydroxyl groups is 1. The lowest BCUT2D eigenvalue weighted by atomic mass is 9.81. The van der Waals surface area contributed by atoms with Crippen molar-refractivity contribution in [1.29, 1.82) is 0 Å². The van der Waals surface area contributed by atoms with E-state index in [9.17, 15) is 9.50 Å². The van der Waals surface area contributed by atoms with Gasteiger partial charge in [0.15, 0.2) is 0 Å². The molecule has 0 bridgehead atoms. The molecule has 1 aliphatic carbocycles. The summed E-state index contributed by atoms with van der Waals surface area (Å²) in [6, 6.07) is 6.36. The first kappa shape index (κ1) is 13.3. The Morgan fingerprint density at radius 2 is 2.11 bits per heavy atom. The zero-order valence-corrected chi connectivity index (χ0v) is 11.0. The van der Waals surface area contributed by atoms with Crippen molar-refractivity contribution < 1.29 is 9.50 Å². The van der Waals surface area contributed by atoms with E-state index < -0.39 is 5.60 Å². The van der Waals surface area contributed by atoms with Crippen molar-refractivity contribution in [2.24, 2.45) is 0 Å². The highest BCUT2D eigenvalue weighted by Crippen LogP contribution is 2.37. The van der Waals surface area contributed by atoms with Crippen LogP contribution in [0.1, 0.15) is 51.0 Å². The Bertz CT molecular complexity index is 438. The molecule has 0 spiro atoms. The van der Waals surface area contributed by atoms with E-state index >= 15 is 0 Å². The molecule has 1 aromatic rings. The normalized spacial score (nSPS) is 19.8. The van der Waals surface area contributed by atoms with E-state index in [1.54, 1.807) is 6.07 Å². The molecule has 1 atom stereocenters. The van der Waals surface area contributed by atoms with Crippen molar-refractivity contribution in [3.63, 3.8) is 0 Å². The van der Waals surface area contributed by atoms with Crippen LogP contribution in [0.3, 0.4) is 0 Å². The molecule has 0 amide bonds. The molecule has 0 saturated heterocycles. The third-order valence-corrected chi connectivity index (χ3v) is 3.89. The number of halogens is 1. The molecule has 1 aliphatic rings. The lowest BCUT2D eigenvalue weighted by Crippen LogP contribution is -2.27. The summed E-state index contributed by atoms with van der Waals surface area (Å²) in [6.45, 7) is 1.95. The molecular weight excluding hydrogens is 227 g/mol. The van der Waals surface area contributed by atoms with Gasteiger partial charge < -0.3 is 5.11 Å². The summed E-state index contributed by atoms with van der Waals surface area (Å²) in [5.74, 6) is -0.284. The summed E-state index contributed by atoms with van der Waals surface area (Å²) in [7, 11) is 0. The fraction of sp³-hybridized carbons (Fsp3) is 0.500. The molecule has 1 N–H and O–H groups in total. The fourth-order valence-electron chi connectivity index (χ4n) is 2.75. The van der Waals surface area contributed by atoms with Crippen molar-refractivity contribution in [3.05, 3.63) is 47.3 Å². The SMILES string of the molecule is CCC(O)(C1=CCCCCC1)c1cccc(F)c1. The third kappa shape index (κ3) is 2.64. The molecule has 98 valence electrons. The van der Waals surface area contributed by atoms with E-state index in [1.807, 2.05) is 13.0 Å². The molecule has 1 unspecified atom stereocenters. The highest BCUT2D eigenvalue weighted by molar-refractivity contribution is 5.33. The highest BCUT2D eigenvalue weighted by Gasteiger charge is 2.31. The number of benzene rings is 1. The van der Waals surface area contributed by atoms with Crippen molar-refractivity contribution in [3.8, 4) is 0 Å². The molecule has 0 heterocycles. The molecule has 0 aromatic heterocycles. The van der Waals surface area contributed by atoms with E-state index in [2.05, 4.69) is 6.08 Å². The Hall–Kier alpha value is -1.15. The molecule has 2 rings (SSSR count). The second-order valence-electron chi connectivity index (χ2n) is 5.05. The lowest BCUT2D eigenvalue weighted by molar-refractivity contribution is 0.0675. The number of hydrogen-bond acceptors (Lipinski definition) is 1. The Morgan fingerprint density at radius 3 is 2.83 bits per heavy atom. The van der Waals surface area contributed by atoms with Crippen LogP contribution in [0.4, 0.5) is 4.39 Å². The van der Waals surface area contributed by atoms with Gasteiger partial charge in [0, 0.05) is 0 Å². The van der Waals surface area contributed by atoms with E-state index in [0.717, 1.165) is 24.8 Å². The maximum atomic E-state index is 13.4. The first-order chi connectivity index (χ1) is 8.66. The minimum absolute atomic E-state index is 0.284. The molecule has 18 heavy (non-hydrogen) atoms. The summed E-state index contributed by atoms with van der Waals surface area (Å²) in [6.07, 6.45) is 8.19. The van der Waals surface area contributed by atoms with Crippen LogP contribution in [-0.4, -0.2) is 5.11 Å². The van der Waals surface area contributed by atoms with Crippen molar-refractivity contribution in [2.75, 3.05) is 0 Å². The van der Waals surface area contributed by atoms with Crippen molar-refractivity contribution in [1.82, 2.24) is 0 Å². The topological polar surface area (TPSA) is 20.2 Å². The number of rotatable bonds is 3. The number of allylic oxidation sites excluding steroid dienone is 1. The summed E-state index contributed by atoms with van der Waals surface area (Å²) in [5.41, 5.74) is 0.748. The fourth-order valence-corrected chi connectivity index (χ4v) is 2.75. The lowest BCUT2D eigenvalue weighted by Gasteiger charge is -2.30. The van der Waals surface area contributed by atoms with Gasteiger partial charge >= 0.3 is 0 Å². The van der Waals surface area contributed by atoms with Crippen LogP contribution >= 0.6 is 0 Å². The molecule has 1 nitrogen and oxygen atoms in total. The van der Waals surface area contributed by atoms with Gasteiger partial charge in [-0.1, -0.05) is 31.6 Å². The minimum atomic E-state index is -0.994. The Morgan fingerprint density at radius 1 is 1.28 bits per heavy atom. The smallest absolute Gasteiger partial charge is 0.123 e. The zero-order chi connectivity index (χ0) is 13.0. The first-order valence-electron chi connectivity index (χ1n) is 6.85. The van der Waals surface area contributed by atoms with Crippen molar-refractivity contribution >= 4 is 0 Å². The van der Waals surface area contributed by atoms with Gasteiger partial charge in [-0.25, -0.2) is 4.39 Å². The van der Waals surface area contributed by atoms with E-state index in [-0.39, 0.29) is 5.82 Å². The van der Waals surface area contributed by atoms with Crippen LogP contribution in [0.5, 0.6) is 0 Å². The van der Waals surface area contributed by atoms with Gasteiger partial charge in [0.1, 0.15) is 11.4 Å². The average Bonchev–Trinajstić information content (AvgIpc) is 2.67. The molecule has 1 aromatic carbocycles. The summed E-state index contributed by atoms with van der Waals surface area (Å²) >= 11 is 0. The van der Waals surface area contributed by atoms with Crippen molar-refractivity contribution in [2.45, 2.75) is 51.0 Å². The maximum Gasteiger partial charge on any atom is 0.123 e. The molecule has 0 aliphatic heterocycles. The summed E-state index contributed by atoms with van der Waals surface area (Å²) < 4.78 is 13.4. The average molecular weight is 248 g/mol. The Kier molecular flexibility index (Phi) is 4.18. The summed E-state index contributed by atoms with van der Waals surface area (Å²) in [4.78, 5) is 0. The quantitative estimate of drug-likeness (QED) is 0.790. The van der Waals surface area contributed by atoms with Gasteiger partial charge in [0.25, 0.3) is 0 Å². The Labute approximate surface area is 108 Å². The highest BCUT2D eigenvalue weighted by atomic mass is 19.1. The second-order valence-corrected chi connectivity index (χ2v) is 5.05. The first-order valence-corrected chi connectivity index (χ1v) is 6.85. The van der Waals surface area contributed by atoms with Gasteiger partial charge in [0.2, 0.25) is 0 Å². The van der Waals surface area contributed by atoms with Gasteiger partial charge in [-0.2, -0.15) is 0 Å². The van der Waals surface area contributed by atoms with Gasteiger partial charge in [-0.05, 0) is 55.4 Å². The number of hydrogen-bond donors (Lipinski definition) is 1. The zero-order valence-electron chi connectivity index (χ0n) is 11.0. The van der Waals surface area contributed by atoms with Gasteiger partial charge in [0.05, 0.1) is 0 Å². The van der Waals surface area contributed by atoms with Crippen LogP contribution in [0.25, 0.3) is 0 Å². The minimum Gasteiger partial charge on any atom is -0.381 e. The van der Waals surface area contributed by atoms with Crippen LogP contribution in [0, 0.1) is 5.82 Å². The largest absolute Gasteiger partial charge is 0.381 e. The third-order valence-electron chi connectivity index (χ3n) is 3.89. The Balaban J connectivity index is 2.37. The molecule has 0 fully saturated rings. The van der Waals surface area contributed by atoms with E-state index in [0.29, 0.717) is 12.0 Å². The van der Waals surface area contributed by atoms with Gasteiger partial charge in [-0.15, -0.1) is 0 Å². The van der Waals surface area contributed by atoms with E-state index in [4.69, 9.17) is 0 Å². The van der Waals surface area contributed by atoms with Crippen LogP contribution < -0.4 is 0 Å². The molecule has 0 radical (unpaired) electrons. The summed E-state index contributed by atoms with van der Waals surface area (Å²) in [5, 5.41) is 10.9. The van der Waals surface area contributed by atoms with E-state index in [1.165, 1.54) is 25.0 Å². The second kappa shape index (κ2) is 5.66. The standard InChI is InChI=1S/C16H21FO/c1-2-16(18,13-8-5-3-4-6-9-13)14-10-7-11-15(17)12-14/h7-8,10-12,18H,2-6,9H2,1H3. The molecular formula is C16H21FO. The monoisotopic (exact) mass is 248 g/mol. The predicted molar refractivity (Wildman–Crippen MR) is 71.8 cm³/mol. The maximum absolute atomic E-state index is 13.4. The predicted octanol–water partition coefficient (Wildman–Crippen LogP) is 4.31. The van der Waals surface area contributed by atoms with Crippen LogP contribution in [-0.2, 0) is 5.60 Å². The van der Waals surface area contributed by atoms with Crippen LogP contribution in [0.2, 0.25) is 0 Å². The van der Waals surface area contributed by atoms with Gasteiger partial charge in [-0.3, -0.25) is 0 Å². The molecule has 2 heteroatoms. The van der Waals surface area contributed by atoms with Crippen LogP contribution in [0.15, 0.2) is 35.9 Å².